The second-order valence-electron chi connectivity index (χ2n) is 4.98. The highest BCUT2D eigenvalue weighted by Crippen LogP contribution is 2.33. The largest absolute Gasteiger partial charge is 0.347 e. The van der Waals surface area contributed by atoms with Crippen molar-refractivity contribution in [2.45, 2.75) is 26.3 Å². The summed E-state index contributed by atoms with van der Waals surface area (Å²) in [7, 11) is 2.19. The molecule has 0 fully saturated rings. The zero-order valence-electron chi connectivity index (χ0n) is 10.2. The maximum Gasteiger partial charge on any atom is 0.0483 e. The van der Waals surface area contributed by atoms with Crippen LogP contribution in [0.5, 0.6) is 0 Å². The summed E-state index contributed by atoms with van der Waals surface area (Å²) in [5.74, 6) is 0.612. The van der Waals surface area contributed by atoms with Crippen LogP contribution < -0.4 is 5.32 Å². The summed E-state index contributed by atoms with van der Waals surface area (Å²) in [6.07, 6.45) is 0. The zero-order valence-corrected chi connectivity index (χ0v) is 10.2. The Morgan fingerprint density at radius 1 is 1.38 bits per heavy atom. The quantitative estimate of drug-likeness (QED) is 0.713. The van der Waals surface area contributed by atoms with Crippen LogP contribution in [0.3, 0.4) is 0 Å². The van der Waals surface area contributed by atoms with Crippen molar-refractivity contribution in [1.82, 2.24) is 9.88 Å². The number of aromatic nitrogens is 1. The van der Waals surface area contributed by atoms with Crippen molar-refractivity contribution in [3.05, 3.63) is 35.0 Å². The molecule has 3 rings (SSSR count). The number of rotatable bonds is 0. The van der Waals surface area contributed by atoms with Crippen LogP contribution in [-0.2, 0) is 13.6 Å². The molecule has 16 heavy (non-hydrogen) atoms. The molecule has 0 saturated carbocycles. The van der Waals surface area contributed by atoms with E-state index in [-0.39, 0.29) is 0 Å². The molecule has 1 aromatic carbocycles. The monoisotopic (exact) mass is 214 g/mol. The summed E-state index contributed by atoms with van der Waals surface area (Å²) >= 11 is 0. The third-order valence-electron chi connectivity index (χ3n) is 3.73. The Morgan fingerprint density at radius 2 is 2.19 bits per heavy atom. The highest BCUT2D eigenvalue weighted by molar-refractivity contribution is 5.86. The smallest absolute Gasteiger partial charge is 0.0483 e. The predicted octanol–water partition coefficient (Wildman–Crippen LogP) is 2.69. The molecule has 0 saturated heterocycles. The summed E-state index contributed by atoms with van der Waals surface area (Å²) in [5.41, 5.74) is 5.73. The highest BCUT2D eigenvalue weighted by Gasteiger charge is 2.22. The Balaban J connectivity index is 2.39. The Morgan fingerprint density at radius 3 is 3.00 bits per heavy atom. The number of nitrogens with one attached hydrogen (secondary N) is 1. The third kappa shape index (κ3) is 1.23. The van der Waals surface area contributed by atoms with Crippen LogP contribution in [0.4, 0.5) is 0 Å². The Labute approximate surface area is 96.3 Å². The van der Waals surface area contributed by atoms with Gasteiger partial charge in [0.05, 0.1) is 0 Å². The molecule has 2 heteroatoms. The molecule has 84 valence electrons. The van der Waals surface area contributed by atoms with E-state index in [9.17, 15) is 0 Å². The molecule has 1 N–H and O–H groups in total. The molecule has 0 amide bonds. The van der Waals surface area contributed by atoms with Gasteiger partial charge in [0, 0.05) is 42.7 Å². The van der Waals surface area contributed by atoms with Crippen LogP contribution in [0, 0.1) is 6.92 Å². The van der Waals surface area contributed by atoms with Gasteiger partial charge in [-0.2, -0.15) is 0 Å². The van der Waals surface area contributed by atoms with Crippen LogP contribution in [0.1, 0.15) is 29.7 Å². The van der Waals surface area contributed by atoms with E-state index in [0.29, 0.717) is 5.92 Å². The molecular weight excluding hydrogens is 196 g/mol. The topological polar surface area (TPSA) is 17.0 Å². The highest BCUT2D eigenvalue weighted by atomic mass is 15.0. The second kappa shape index (κ2) is 3.36. The minimum atomic E-state index is 0.612. The van der Waals surface area contributed by atoms with Crippen LogP contribution in [0.25, 0.3) is 10.9 Å². The number of hydrogen-bond acceptors (Lipinski definition) is 1. The van der Waals surface area contributed by atoms with Gasteiger partial charge >= 0.3 is 0 Å². The van der Waals surface area contributed by atoms with E-state index in [2.05, 4.69) is 49.0 Å². The van der Waals surface area contributed by atoms with E-state index in [1.165, 1.54) is 27.7 Å². The minimum absolute atomic E-state index is 0.612. The Bertz CT molecular complexity index is 551. The first-order valence-electron chi connectivity index (χ1n) is 5.97. The van der Waals surface area contributed by atoms with Gasteiger partial charge in [-0.05, 0) is 24.6 Å². The van der Waals surface area contributed by atoms with Crippen molar-refractivity contribution in [2.24, 2.45) is 7.05 Å². The van der Waals surface area contributed by atoms with Gasteiger partial charge in [-0.15, -0.1) is 0 Å². The first-order chi connectivity index (χ1) is 7.68. The van der Waals surface area contributed by atoms with Crippen molar-refractivity contribution in [3.63, 3.8) is 0 Å². The normalized spacial score (nSPS) is 20.1. The fourth-order valence-corrected chi connectivity index (χ4v) is 2.98. The van der Waals surface area contributed by atoms with Crippen LogP contribution in [-0.4, -0.2) is 11.1 Å². The number of nitrogens with zero attached hydrogens (tertiary/aromatic N) is 1. The molecule has 0 bridgehead atoms. The standard InChI is InChI=1S/C14H18N2/c1-9-4-5-13-11(6-9)12-8-15-7-10(2)14(12)16(13)3/h4-6,10,15H,7-8H2,1-3H3. The Hall–Kier alpha value is -1.28. The molecule has 1 aliphatic heterocycles. The second-order valence-corrected chi connectivity index (χ2v) is 4.98. The summed E-state index contributed by atoms with van der Waals surface area (Å²) in [4.78, 5) is 0. The number of aryl methyl sites for hydroxylation is 2. The van der Waals surface area contributed by atoms with Gasteiger partial charge in [0.25, 0.3) is 0 Å². The van der Waals surface area contributed by atoms with Gasteiger partial charge < -0.3 is 9.88 Å². The van der Waals surface area contributed by atoms with Crippen molar-refractivity contribution >= 4 is 10.9 Å². The lowest BCUT2D eigenvalue weighted by Gasteiger charge is -2.22. The number of benzene rings is 1. The molecule has 0 spiro atoms. The van der Waals surface area contributed by atoms with E-state index in [4.69, 9.17) is 0 Å². The predicted molar refractivity (Wildman–Crippen MR) is 67.8 cm³/mol. The zero-order chi connectivity index (χ0) is 11.3. The van der Waals surface area contributed by atoms with E-state index >= 15 is 0 Å². The van der Waals surface area contributed by atoms with Gasteiger partial charge in [0.2, 0.25) is 0 Å². The Kier molecular flexibility index (Phi) is 2.08. The molecule has 2 nitrogen and oxygen atoms in total. The van der Waals surface area contributed by atoms with Crippen LogP contribution >= 0.6 is 0 Å². The maximum atomic E-state index is 3.50. The molecule has 2 heterocycles. The molecular formula is C14H18N2. The molecule has 1 unspecified atom stereocenters. The lowest BCUT2D eigenvalue weighted by atomic mass is 9.97. The van der Waals surface area contributed by atoms with Crippen molar-refractivity contribution < 1.29 is 0 Å². The molecule has 1 aliphatic rings. The summed E-state index contributed by atoms with van der Waals surface area (Å²) in [6, 6.07) is 6.76. The first kappa shape index (κ1) is 9.91. The average Bonchev–Trinajstić information content (AvgIpc) is 2.54. The lowest BCUT2D eigenvalue weighted by Crippen LogP contribution is -2.27. The molecule has 0 radical (unpaired) electrons. The van der Waals surface area contributed by atoms with Gasteiger partial charge in [0.15, 0.2) is 0 Å². The lowest BCUT2D eigenvalue weighted by molar-refractivity contribution is 0.548. The van der Waals surface area contributed by atoms with Gasteiger partial charge in [-0.3, -0.25) is 0 Å². The van der Waals surface area contributed by atoms with E-state index in [0.717, 1.165) is 13.1 Å². The van der Waals surface area contributed by atoms with Gasteiger partial charge in [-0.25, -0.2) is 0 Å². The summed E-state index contributed by atoms with van der Waals surface area (Å²) in [5, 5.41) is 4.93. The summed E-state index contributed by atoms with van der Waals surface area (Å²) in [6.45, 7) is 6.58. The van der Waals surface area contributed by atoms with E-state index in [1.807, 2.05) is 0 Å². The molecule has 1 aromatic heterocycles. The van der Waals surface area contributed by atoms with Crippen molar-refractivity contribution in [3.8, 4) is 0 Å². The first-order valence-corrected chi connectivity index (χ1v) is 5.97. The van der Waals surface area contributed by atoms with Gasteiger partial charge in [0.1, 0.15) is 0 Å². The molecule has 0 aliphatic carbocycles. The number of hydrogen-bond donors (Lipinski definition) is 1. The van der Waals surface area contributed by atoms with Crippen molar-refractivity contribution in [1.29, 1.82) is 0 Å². The van der Waals surface area contributed by atoms with Gasteiger partial charge in [-0.1, -0.05) is 18.6 Å². The fourth-order valence-electron chi connectivity index (χ4n) is 2.98. The third-order valence-corrected chi connectivity index (χ3v) is 3.73. The van der Waals surface area contributed by atoms with E-state index < -0.39 is 0 Å². The fraction of sp³-hybridized carbons (Fsp3) is 0.429. The van der Waals surface area contributed by atoms with E-state index in [1.54, 1.807) is 0 Å². The number of fused-ring (bicyclic) bond motifs is 3. The molecule has 1 atom stereocenters. The van der Waals surface area contributed by atoms with Crippen LogP contribution in [0.2, 0.25) is 0 Å². The summed E-state index contributed by atoms with van der Waals surface area (Å²) < 4.78 is 2.37. The molecule has 2 aromatic rings. The van der Waals surface area contributed by atoms with Crippen molar-refractivity contribution in [2.75, 3.05) is 6.54 Å². The SMILES string of the molecule is Cc1ccc2c(c1)c1c(n2C)C(C)CNC1. The minimum Gasteiger partial charge on any atom is -0.347 e. The maximum absolute atomic E-state index is 3.50. The average molecular weight is 214 g/mol. The van der Waals surface area contributed by atoms with Crippen LogP contribution in [0.15, 0.2) is 18.2 Å².